The number of carboxylic acid groups (broad SMARTS) is 2. The molecule has 0 aliphatic heterocycles. The van der Waals surface area contributed by atoms with Gasteiger partial charge in [0.2, 0.25) is 0 Å². The van der Waals surface area contributed by atoms with E-state index in [4.69, 9.17) is 4.74 Å². The number of rotatable bonds is 6. The Morgan fingerprint density at radius 1 is 0.792 bits per heavy atom. The zero-order chi connectivity index (χ0) is 17.5. The molecule has 2 aliphatic carbocycles. The van der Waals surface area contributed by atoms with E-state index in [1.54, 1.807) is 0 Å². The van der Waals surface area contributed by atoms with Gasteiger partial charge in [-0.15, -0.1) is 0 Å². The van der Waals surface area contributed by atoms with E-state index in [0.29, 0.717) is 12.8 Å². The maximum absolute atomic E-state index is 12.1. The van der Waals surface area contributed by atoms with Gasteiger partial charge >= 0.3 is 17.9 Å². The third-order valence-corrected chi connectivity index (χ3v) is 5.00. The third-order valence-electron chi connectivity index (χ3n) is 5.00. The van der Waals surface area contributed by atoms with Crippen molar-refractivity contribution >= 4 is 17.9 Å². The summed E-state index contributed by atoms with van der Waals surface area (Å²) in [5, 5.41) is 19.0. The molecule has 24 heavy (non-hydrogen) atoms. The second-order valence-corrected chi connectivity index (χ2v) is 6.76. The number of ether oxygens (including phenoxy) is 1. The number of aliphatic carboxylic acids is 2. The number of hydrogen-bond donors (Lipinski definition) is 2. The van der Waals surface area contributed by atoms with Gasteiger partial charge in [-0.3, -0.25) is 4.79 Å². The molecule has 0 heterocycles. The molecule has 0 aromatic heterocycles. The highest BCUT2D eigenvalue weighted by molar-refractivity contribution is 6.02. The zero-order valence-electron chi connectivity index (χ0n) is 14.0. The van der Waals surface area contributed by atoms with Gasteiger partial charge in [0.25, 0.3) is 0 Å². The first-order chi connectivity index (χ1) is 11.5. The lowest BCUT2D eigenvalue weighted by Crippen LogP contribution is -2.25. The first kappa shape index (κ1) is 18.5. The van der Waals surface area contributed by atoms with Gasteiger partial charge in [0.1, 0.15) is 6.10 Å². The Balaban J connectivity index is 2.13. The molecule has 6 heteroatoms. The van der Waals surface area contributed by atoms with Crippen molar-refractivity contribution in [2.45, 2.75) is 76.7 Å². The number of carbonyl (C=O) groups excluding carboxylic acids is 1. The van der Waals surface area contributed by atoms with Crippen LogP contribution in [0.15, 0.2) is 11.1 Å². The van der Waals surface area contributed by atoms with Crippen molar-refractivity contribution in [3.63, 3.8) is 0 Å². The lowest BCUT2D eigenvalue weighted by molar-refractivity contribution is -0.151. The van der Waals surface area contributed by atoms with E-state index < -0.39 is 24.3 Å². The van der Waals surface area contributed by atoms with Crippen LogP contribution in [-0.2, 0) is 19.1 Å². The van der Waals surface area contributed by atoms with Crippen molar-refractivity contribution in [3.8, 4) is 0 Å². The molecule has 0 saturated heterocycles. The maximum atomic E-state index is 12.1. The lowest BCUT2D eigenvalue weighted by atomic mass is 9.81. The second kappa shape index (κ2) is 8.85. The van der Waals surface area contributed by atoms with Crippen LogP contribution in [0.3, 0.4) is 0 Å². The normalized spacial score (nSPS) is 21.0. The average Bonchev–Trinajstić information content (AvgIpc) is 2.55. The smallest absolute Gasteiger partial charge is 0.332 e. The van der Waals surface area contributed by atoms with Crippen molar-refractivity contribution < 1.29 is 29.3 Å². The van der Waals surface area contributed by atoms with E-state index in [-0.39, 0.29) is 23.2 Å². The summed E-state index contributed by atoms with van der Waals surface area (Å²) < 4.78 is 5.36. The minimum Gasteiger partial charge on any atom is -0.478 e. The maximum Gasteiger partial charge on any atom is 0.332 e. The van der Waals surface area contributed by atoms with E-state index in [9.17, 15) is 24.6 Å². The van der Waals surface area contributed by atoms with Crippen LogP contribution >= 0.6 is 0 Å². The predicted octanol–water partition coefficient (Wildman–Crippen LogP) is 3.30. The molecule has 0 radical (unpaired) electrons. The van der Waals surface area contributed by atoms with Crippen LogP contribution in [0.1, 0.15) is 70.6 Å². The summed E-state index contributed by atoms with van der Waals surface area (Å²) in [4.78, 5) is 35.4. The Bertz CT molecular complexity index is 510. The Hall–Kier alpha value is -1.85. The molecule has 6 nitrogen and oxygen atoms in total. The summed E-state index contributed by atoms with van der Waals surface area (Å²) in [5.74, 6) is -3.48. The predicted molar refractivity (Wildman–Crippen MR) is 86.5 cm³/mol. The first-order valence-corrected chi connectivity index (χ1v) is 8.88. The van der Waals surface area contributed by atoms with Gasteiger partial charge in [0.05, 0.1) is 17.6 Å². The quantitative estimate of drug-likeness (QED) is 0.569. The molecule has 2 N–H and O–H groups in total. The van der Waals surface area contributed by atoms with Gasteiger partial charge in [0, 0.05) is 0 Å². The Morgan fingerprint density at radius 3 is 1.83 bits per heavy atom. The zero-order valence-corrected chi connectivity index (χ0v) is 14.0. The fourth-order valence-corrected chi connectivity index (χ4v) is 3.78. The van der Waals surface area contributed by atoms with Gasteiger partial charge < -0.3 is 14.9 Å². The van der Waals surface area contributed by atoms with Gasteiger partial charge in [-0.25, -0.2) is 9.59 Å². The van der Waals surface area contributed by atoms with Crippen LogP contribution in [0.5, 0.6) is 0 Å². The molecule has 134 valence electrons. The molecule has 0 unspecified atom stereocenters. The molecule has 2 rings (SSSR count). The van der Waals surface area contributed by atoms with E-state index >= 15 is 0 Å². The van der Waals surface area contributed by atoms with Gasteiger partial charge in [-0.05, 0) is 44.4 Å². The van der Waals surface area contributed by atoms with E-state index in [1.165, 1.54) is 0 Å². The molecule has 0 aromatic rings. The number of carboxylic acids is 2. The lowest BCUT2D eigenvalue weighted by Gasteiger charge is -2.24. The summed E-state index contributed by atoms with van der Waals surface area (Å²) in [7, 11) is 0. The second-order valence-electron chi connectivity index (χ2n) is 6.76. The summed E-state index contributed by atoms with van der Waals surface area (Å²) in [6, 6.07) is 0. The molecule has 2 aliphatic rings. The number of carbonyl (C=O) groups is 3. The van der Waals surface area contributed by atoms with Crippen molar-refractivity contribution in [2.24, 2.45) is 5.92 Å². The van der Waals surface area contributed by atoms with Crippen molar-refractivity contribution in [2.75, 3.05) is 0 Å². The highest BCUT2D eigenvalue weighted by atomic mass is 16.5. The summed E-state index contributed by atoms with van der Waals surface area (Å²) in [6.07, 6.45) is 8.24. The standard InChI is InChI=1S/C18H26O6/c19-15(24-13-9-5-2-6-10-13)11-14(17(20)21)16(18(22)23)12-7-3-1-4-8-12/h12-13H,1-11H2,(H,20,21)(H,22,23)/b16-14+. The van der Waals surface area contributed by atoms with Gasteiger partial charge in [0.15, 0.2) is 0 Å². The highest BCUT2D eigenvalue weighted by Gasteiger charge is 2.31. The van der Waals surface area contributed by atoms with Crippen molar-refractivity contribution in [1.82, 2.24) is 0 Å². The van der Waals surface area contributed by atoms with Crippen LogP contribution in [0.4, 0.5) is 0 Å². The first-order valence-electron chi connectivity index (χ1n) is 8.88. The fourth-order valence-electron chi connectivity index (χ4n) is 3.78. The molecule has 2 saturated carbocycles. The van der Waals surface area contributed by atoms with Crippen LogP contribution in [0.25, 0.3) is 0 Å². The molecule has 0 spiro atoms. The van der Waals surface area contributed by atoms with E-state index in [0.717, 1.165) is 51.4 Å². The Kier molecular flexibility index (Phi) is 6.82. The third kappa shape index (κ3) is 5.08. The summed E-state index contributed by atoms with van der Waals surface area (Å²) in [5.41, 5.74) is -0.419. The molecule has 0 aromatic carbocycles. The Morgan fingerprint density at radius 2 is 1.33 bits per heavy atom. The number of hydrogen-bond acceptors (Lipinski definition) is 4. The molecule has 2 fully saturated rings. The van der Waals surface area contributed by atoms with Crippen molar-refractivity contribution in [1.29, 1.82) is 0 Å². The van der Waals surface area contributed by atoms with E-state index in [1.807, 2.05) is 0 Å². The minimum absolute atomic E-state index is 0.109. The molecular weight excluding hydrogens is 312 g/mol. The van der Waals surface area contributed by atoms with Crippen molar-refractivity contribution in [3.05, 3.63) is 11.1 Å². The monoisotopic (exact) mass is 338 g/mol. The van der Waals surface area contributed by atoms with Crippen LogP contribution in [0.2, 0.25) is 0 Å². The van der Waals surface area contributed by atoms with Gasteiger partial charge in [-0.2, -0.15) is 0 Å². The summed E-state index contributed by atoms with van der Waals surface area (Å²) >= 11 is 0. The van der Waals surface area contributed by atoms with Crippen LogP contribution in [0, 0.1) is 5.92 Å². The Labute approximate surface area is 141 Å². The van der Waals surface area contributed by atoms with E-state index in [2.05, 4.69) is 0 Å². The topological polar surface area (TPSA) is 101 Å². The fraction of sp³-hybridized carbons (Fsp3) is 0.722. The average molecular weight is 338 g/mol. The molecule has 0 bridgehead atoms. The van der Waals surface area contributed by atoms with Crippen LogP contribution < -0.4 is 0 Å². The minimum atomic E-state index is -1.33. The summed E-state index contributed by atoms with van der Waals surface area (Å²) in [6.45, 7) is 0. The van der Waals surface area contributed by atoms with Gasteiger partial charge in [-0.1, -0.05) is 25.7 Å². The highest BCUT2D eigenvalue weighted by Crippen LogP contribution is 2.33. The number of esters is 1. The van der Waals surface area contributed by atoms with Crippen LogP contribution in [-0.4, -0.2) is 34.2 Å². The SMILES string of the molecule is O=C(C/C(C(=O)O)=C(\C(=O)O)C1CCCCC1)OC1CCCCC1. The molecule has 0 amide bonds. The molecule has 0 atom stereocenters. The largest absolute Gasteiger partial charge is 0.478 e. The molecular formula is C18H26O6.